The van der Waals surface area contributed by atoms with Crippen molar-refractivity contribution < 1.29 is 4.79 Å². The molecule has 0 aliphatic carbocycles. The van der Waals surface area contributed by atoms with Crippen LogP contribution >= 0.6 is 0 Å². The molecule has 0 spiro atoms. The summed E-state index contributed by atoms with van der Waals surface area (Å²) in [6.45, 7) is 1.69. The number of carbonyl (C=O) groups is 1. The molecule has 3 heteroatoms. The van der Waals surface area contributed by atoms with Crippen molar-refractivity contribution in [3.8, 4) is 11.3 Å². The summed E-state index contributed by atoms with van der Waals surface area (Å²) in [4.78, 5) is 19.9. The second kappa shape index (κ2) is 6.44. The topological polar surface area (TPSA) is 33.2 Å². The van der Waals surface area contributed by atoms with Gasteiger partial charge >= 0.3 is 0 Å². The fraction of sp³-hybridized carbons (Fsp3) is 0.238. The van der Waals surface area contributed by atoms with Crippen molar-refractivity contribution in [2.75, 3.05) is 13.1 Å². The van der Waals surface area contributed by atoms with E-state index in [4.69, 9.17) is 4.98 Å². The number of piperidine rings is 1. The van der Waals surface area contributed by atoms with Gasteiger partial charge in [0.25, 0.3) is 5.91 Å². The predicted octanol–water partition coefficient (Wildman–Crippen LogP) is 4.53. The molecule has 1 aromatic heterocycles. The zero-order chi connectivity index (χ0) is 16.4. The summed E-state index contributed by atoms with van der Waals surface area (Å²) in [5.41, 5.74) is 3.40. The Morgan fingerprint density at radius 3 is 2.38 bits per heavy atom. The van der Waals surface area contributed by atoms with Gasteiger partial charge in [-0.05, 0) is 31.4 Å². The van der Waals surface area contributed by atoms with E-state index in [1.54, 1.807) is 0 Å². The first-order valence-corrected chi connectivity index (χ1v) is 8.57. The molecule has 1 saturated heterocycles. The van der Waals surface area contributed by atoms with Crippen LogP contribution in [0.2, 0.25) is 0 Å². The van der Waals surface area contributed by atoms with Gasteiger partial charge in [0, 0.05) is 24.0 Å². The molecule has 1 fully saturated rings. The van der Waals surface area contributed by atoms with Crippen molar-refractivity contribution in [1.82, 2.24) is 9.88 Å². The molecule has 4 rings (SSSR count). The van der Waals surface area contributed by atoms with Gasteiger partial charge in [-0.25, -0.2) is 4.98 Å². The molecule has 0 saturated carbocycles. The van der Waals surface area contributed by atoms with Gasteiger partial charge < -0.3 is 4.90 Å². The van der Waals surface area contributed by atoms with Gasteiger partial charge in [0.2, 0.25) is 0 Å². The number of benzene rings is 2. The number of pyridine rings is 1. The van der Waals surface area contributed by atoms with E-state index in [2.05, 4.69) is 0 Å². The quantitative estimate of drug-likeness (QED) is 0.696. The standard InChI is InChI=1S/C21H20N2O/c24-21(23-13-7-2-8-14-23)18-15-17-11-5-6-12-19(17)22-20(18)16-9-3-1-4-10-16/h1,3-6,9-12,15H,2,7-8,13-14H2. The van der Waals surface area contributed by atoms with E-state index in [0.717, 1.165) is 48.1 Å². The second-order valence-corrected chi connectivity index (χ2v) is 6.30. The lowest BCUT2D eigenvalue weighted by Crippen LogP contribution is -2.36. The molecule has 120 valence electrons. The lowest BCUT2D eigenvalue weighted by Gasteiger charge is -2.27. The van der Waals surface area contributed by atoms with Crippen molar-refractivity contribution >= 4 is 16.8 Å². The van der Waals surface area contributed by atoms with Gasteiger partial charge in [0.05, 0.1) is 16.8 Å². The third kappa shape index (κ3) is 2.78. The van der Waals surface area contributed by atoms with Crippen LogP contribution < -0.4 is 0 Å². The normalized spacial score (nSPS) is 14.8. The molecule has 2 heterocycles. The number of aromatic nitrogens is 1. The molecule has 0 bridgehead atoms. The van der Waals surface area contributed by atoms with Crippen LogP contribution in [0.5, 0.6) is 0 Å². The fourth-order valence-electron chi connectivity index (χ4n) is 3.36. The molecule has 0 atom stereocenters. The van der Waals surface area contributed by atoms with E-state index in [9.17, 15) is 4.79 Å². The zero-order valence-corrected chi connectivity index (χ0v) is 13.6. The molecule has 2 aromatic carbocycles. The average Bonchev–Trinajstić information content (AvgIpc) is 2.68. The van der Waals surface area contributed by atoms with Crippen LogP contribution in [0.25, 0.3) is 22.2 Å². The van der Waals surface area contributed by atoms with Gasteiger partial charge in [0.15, 0.2) is 0 Å². The number of carbonyl (C=O) groups excluding carboxylic acids is 1. The summed E-state index contributed by atoms with van der Waals surface area (Å²) in [5, 5.41) is 1.01. The highest BCUT2D eigenvalue weighted by atomic mass is 16.2. The first-order chi connectivity index (χ1) is 11.8. The van der Waals surface area contributed by atoms with E-state index in [-0.39, 0.29) is 5.91 Å². The van der Waals surface area contributed by atoms with E-state index in [1.807, 2.05) is 65.6 Å². The molecule has 24 heavy (non-hydrogen) atoms. The van der Waals surface area contributed by atoms with Crippen LogP contribution in [-0.2, 0) is 0 Å². The van der Waals surface area contributed by atoms with Crippen LogP contribution in [0, 0.1) is 0 Å². The lowest BCUT2D eigenvalue weighted by atomic mass is 10.0. The summed E-state index contributed by atoms with van der Waals surface area (Å²) in [6, 6.07) is 20.0. The van der Waals surface area contributed by atoms with Crippen molar-refractivity contribution in [3.63, 3.8) is 0 Å². The molecular weight excluding hydrogens is 296 g/mol. The molecule has 0 radical (unpaired) electrons. The molecule has 1 aliphatic heterocycles. The molecule has 1 aliphatic rings. The first kappa shape index (κ1) is 14.9. The van der Waals surface area contributed by atoms with Gasteiger partial charge in [-0.1, -0.05) is 48.5 Å². The molecule has 0 N–H and O–H groups in total. The Morgan fingerprint density at radius 2 is 1.58 bits per heavy atom. The van der Waals surface area contributed by atoms with Crippen LogP contribution in [0.4, 0.5) is 0 Å². The van der Waals surface area contributed by atoms with Gasteiger partial charge in [-0.15, -0.1) is 0 Å². The number of nitrogens with zero attached hydrogens (tertiary/aromatic N) is 2. The first-order valence-electron chi connectivity index (χ1n) is 8.57. The maximum absolute atomic E-state index is 13.1. The van der Waals surface area contributed by atoms with Gasteiger partial charge in [-0.2, -0.15) is 0 Å². The van der Waals surface area contributed by atoms with Crippen molar-refractivity contribution in [1.29, 1.82) is 0 Å². The van der Waals surface area contributed by atoms with E-state index in [1.165, 1.54) is 6.42 Å². The monoisotopic (exact) mass is 316 g/mol. The third-order valence-corrected chi connectivity index (χ3v) is 4.64. The number of hydrogen-bond acceptors (Lipinski definition) is 2. The largest absolute Gasteiger partial charge is 0.339 e. The van der Waals surface area contributed by atoms with Crippen molar-refractivity contribution in [2.24, 2.45) is 0 Å². The maximum atomic E-state index is 13.1. The molecule has 1 amide bonds. The van der Waals surface area contributed by atoms with Crippen LogP contribution in [0.1, 0.15) is 29.6 Å². The van der Waals surface area contributed by atoms with Gasteiger partial charge in [-0.3, -0.25) is 4.79 Å². The minimum atomic E-state index is 0.104. The summed E-state index contributed by atoms with van der Waals surface area (Å²) in [7, 11) is 0. The zero-order valence-electron chi connectivity index (χ0n) is 13.6. The van der Waals surface area contributed by atoms with Crippen LogP contribution in [0.3, 0.4) is 0 Å². The Bertz CT molecular complexity index is 867. The molecule has 3 nitrogen and oxygen atoms in total. The van der Waals surface area contributed by atoms with Crippen LogP contribution in [0.15, 0.2) is 60.7 Å². The number of likely N-dealkylation sites (tertiary alicyclic amines) is 1. The summed E-state index contributed by atoms with van der Waals surface area (Å²) >= 11 is 0. The van der Waals surface area contributed by atoms with E-state index >= 15 is 0 Å². The Hall–Kier alpha value is -2.68. The highest BCUT2D eigenvalue weighted by molar-refractivity contribution is 6.03. The Kier molecular flexibility index (Phi) is 3.99. The number of hydrogen-bond donors (Lipinski definition) is 0. The highest BCUT2D eigenvalue weighted by Crippen LogP contribution is 2.27. The fourth-order valence-corrected chi connectivity index (χ4v) is 3.36. The Balaban J connectivity index is 1.86. The second-order valence-electron chi connectivity index (χ2n) is 6.30. The van der Waals surface area contributed by atoms with Crippen LogP contribution in [-0.4, -0.2) is 28.9 Å². The smallest absolute Gasteiger partial charge is 0.256 e. The summed E-state index contributed by atoms with van der Waals surface area (Å²) in [6.07, 6.45) is 3.39. The Labute approximate surface area is 141 Å². The summed E-state index contributed by atoms with van der Waals surface area (Å²) in [5.74, 6) is 0.104. The number of fused-ring (bicyclic) bond motifs is 1. The SMILES string of the molecule is O=C(c1cc2ccccc2nc1-c1ccccc1)N1CCCCC1. The van der Waals surface area contributed by atoms with E-state index in [0.29, 0.717) is 5.56 Å². The average molecular weight is 316 g/mol. The van der Waals surface area contributed by atoms with Crippen molar-refractivity contribution in [2.45, 2.75) is 19.3 Å². The lowest BCUT2D eigenvalue weighted by molar-refractivity contribution is 0.0725. The predicted molar refractivity (Wildman–Crippen MR) is 96.9 cm³/mol. The molecule has 0 unspecified atom stereocenters. The third-order valence-electron chi connectivity index (χ3n) is 4.64. The maximum Gasteiger partial charge on any atom is 0.256 e. The highest BCUT2D eigenvalue weighted by Gasteiger charge is 2.22. The number of amides is 1. The number of rotatable bonds is 2. The van der Waals surface area contributed by atoms with Crippen molar-refractivity contribution in [3.05, 3.63) is 66.2 Å². The van der Waals surface area contributed by atoms with Gasteiger partial charge in [0.1, 0.15) is 0 Å². The summed E-state index contributed by atoms with van der Waals surface area (Å²) < 4.78 is 0. The molecule has 3 aromatic rings. The van der Waals surface area contributed by atoms with E-state index < -0.39 is 0 Å². The minimum absolute atomic E-state index is 0.104. The number of para-hydroxylation sites is 1. The molecular formula is C21H20N2O. The Morgan fingerprint density at radius 1 is 0.875 bits per heavy atom. The minimum Gasteiger partial charge on any atom is -0.339 e.